The molecule has 0 unspecified atom stereocenters. The number of esters is 1. The molecule has 1 aromatic heterocycles. The molecule has 1 aliphatic rings. The number of hydrogen-bond donors (Lipinski definition) is 0. The molecule has 4 rings (SSSR count). The van der Waals surface area contributed by atoms with Crippen LogP contribution >= 0.6 is 15.9 Å². The summed E-state index contributed by atoms with van der Waals surface area (Å²) in [7, 11) is 1.33. The lowest BCUT2D eigenvalue weighted by molar-refractivity contribution is -0.147. The van der Waals surface area contributed by atoms with Gasteiger partial charge in [0.15, 0.2) is 0 Å². The molecule has 5 nitrogen and oxygen atoms in total. The van der Waals surface area contributed by atoms with Gasteiger partial charge in [-0.15, -0.1) is 0 Å². The molecule has 2 aromatic carbocycles. The van der Waals surface area contributed by atoms with Crippen molar-refractivity contribution in [2.75, 3.05) is 13.7 Å². The summed E-state index contributed by atoms with van der Waals surface area (Å²) < 4.78 is 17.2. The van der Waals surface area contributed by atoms with Crippen LogP contribution in [0.25, 0.3) is 11.0 Å². The molecule has 132 valence electrons. The van der Waals surface area contributed by atoms with Gasteiger partial charge in [0, 0.05) is 10.4 Å². The number of hydrogen-bond acceptors (Lipinski definition) is 5. The lowest BCUT2D eigenvalue weighted by Crippen LogP contribution is -2.36. The third kappa shape index (κ3) is 2.70. The summed E-state index contributed by atoms with van der Waals surface area (Å²) >= 11 is 3.41. The molecular formula is C20H15BrO5. The highest BCUT2D eigenvalue weighted by molar-refractivity contribution is 9.10. The summed E-state index contributed by atoms with van der Waals surface area (Å²) in [6.45, 7) is 0.133. The van der Waals surface area contributed by atoms with Crippen LogP contribution in [0.1, 0.15) is 17.0 Å². The van der Waals surface area contributed by atoms with E-state index in [1.54, 1.807) is 12.1 Å². The van der Waals surface area contributed by atoms with Crippen molar-refractivity contribution >= 4 is 32.9 Å². The fourth-order valence-electron chi connectivity index (χ4n) is 3.45. The molecule has 3 aromatic rings. The van der Waals surface area contributed by atoms with E-state index in [0.29, 0.717) is 22.3 Å². The first-order valence-corrected chi connectivity index (χ1v) is 8.91. The first-order valence-electron chi connectivity index (χ1n) is 8.12. The van der Waals surface area contributed by atoms with Crippen molar-refractivity contribution in [1.29, 1.82) is 0 Å². The Morgan fingerprint density at radius 3 is 2.62 bits per heavy atom. The minimum atomic E-state index is -0.627. The van der Waals surface area contributed by atoms with E-state index in [4.69, 9.17) is 13.9 Å². The fourth-order valence-corrected chi connectivity index (χ4v) is 3.72. The van der Waals surface area contributed by atoms with Gasteiger partial charge in [-0.1, -0.05) is 40.2 Å². The summed E-state index contributed by atoms with van der Waals surface area (Å²) in [4.78, 5) is 25.1. The largest absolute Gasteiger partial charge is 0.491 e. The van der Waals surface area contributed by atoms with Crippen molar-refractivity contribution in [3.8, 4) is 5.75 Å². The highest BCUT2D eigenvalue weighted by atomic mass is 79.9. The maximum absolute atomic E-state index is 12.8. The van der Waals surface area contributed by atoms with Crippen molar-refractivity contribution in [3.63, 3.8) is 0 Å². The first-order chi connectivity index (χ1) is 12.6. The minimum Gasteiger partial charge on any atom is -0.491 e. The van der Waals surface area contributed by atoms with Gasteiger partial charge in [-0.3, -0.25) is 4.79 Å². The Bertz CT molecular complexity index is 1040. The third-order valence-corrected chi connectivity index (χ3v) is 5.18. The van der Waals surface area contributed by atoms with E-state index in [1.165, 1.54) is 7.11 Å². The maximum atomic E-state index is 12.8. The van der Waals surface area contributed by atoms with Gasteiger partial charge in [0.25, 0.3) is 0 Å². The van der Waals surface area contributed by atoms with Crippen molar-refractivity contribution in [1.82, 2.24) is 0 Å². The van der Waals surface area contributed by atoms with Gasteiger partial charge >= 0.3 is 11.6 Å². The Hall–Kier alpha value is -2.60. The number of benzene rings is 2. The van der Waals surface area contributed by atoms with Crippen LogP contribution < -0.4 is 10.4 Å². The van der Waals surface area contributed by atoms with Crippen molar-refractivity contribution in [3.05, 3.63) is 74.6 Å². The smallest absolute Gasteiger partial charge is 0.343 e. The molecule has 1 aliphatic heterocycles. The molecule has 6 heteroatoms. The Labute approximate surface area is 157 Å². The predicted molar refractivity (Wildman–Crippen MR) is 99.5 cm³/mol. The number of carbonyl (C=O) groups excluding carboxylic acids is 1. The Morgan fingerprint density at radius 1 is 1.15 bits per heavy atom. The Balaban J connectivity index is 1.99. The van der Waals surface area contributed by atoms with Crippen LogP contribution in [0.4, 0.5) is 0 Å². The first kappa shape index (κ1) is 16.8. The van der Waals surface area contributed by atoms with E-state index < -0.39 is 23.4 Å². The summed E-state index contributed by atoms with van der Waals surface area (Å²) in [5.41, 5.74) is 1.14. The molecule has 2 atom stereocenters. The number of ether oxygens (including phenoxy) is 2. The van der Waals surface area contributed by atoms with Gasteiger partial charge < -0.3 is 13.9 Å². The summed E-state index contributed by atoms with van der Waals surface area (Å²) in [5.74, 6) is -1.07. The second-order valence-electron chi connectivity index (χ2n) is 6.10. The zero-order valence-electron chi connectivity index (χ0n) is 13.9. The number of methoxy groups -OCH3 is 1. The van der Waals surface area contributed by atoms with Gasteiger partial charge in [0.2, 0.25) is 0 Å². The zero-order valence-corrected chi connectivity index (χ0v) is 15.5. The van der Waals surface area contributed by atoms with Crippen molar-refractivity contribution < 1.29 is 18.7 Å². The molecule has 0 fully saturated rings. The zero-order chi connectivity index (χ0) is 18.3. The van der Waals surface area contributed by atoms with E-state index in [0.717, 1.165) is 10.0 Å². The topological polar surface area (TPSA) is 65.7 Å². The molecule has 0 aliphatic carbocycles. The molecule has 0 radical (unpaired) electrons. The van der Waals surface area contributed by atoms with Gasteiger partial charge in [-0.2, -0.15) is 0 Å². The highest BCUT2D eigenvalue weighted by Gasteiger charge is 2.41. The summed E-state index contributed by atoms with van der Waals surface area (Å²) in [6, 6.07) is 14.7. The monoisotopic (exact) mass is 414 g/mol. The van der Waals surface area contributed by atoms with Crippen LogP contribution in [-0.2, 0) is 9.53 Å². The molecule has 0 saturated heterocycles. The highest BCUT2D eigenvalue weighted by Crippen LogP contribution is 2.43. The molecule has 0 spiro atoms. The van der Waals surface area contributed by atoms with Crippen LogP contribution in [0.3, 0.4) is 0 Å². The number of para-hydroxylation sites is 1. The third-order valence-electron chi connectivity index (χ3n) is 4.65. The summed E-state index contributed by atoms with van der Waals surface area (Å²) in [5, 5.41) is 0.715. The standard InChI is InChI=1S/C20H15BrO5/c1-24-19(22)14-10-25-18-13-4-2-3-5-15(13)26-20(23)17(18)16(14)11-6-8-12(21)9-7-11/h2-9,14,16H,10H2,1H3/t14-,16+/m1/s1. The minimum absolute atomic E-state index is 0.133. The second-order valence-corrected chi connectivity index (χ2v) is 7.01. The van der Waals surface area contributed by atoms with Gasteiger partial charge in [-0.25, -0.2) is 4.79 Å². The molecule has 0 bridgehead atoms. The quantitative estimate of drug-likeness (QED) is 0.470. The van der Waals surface area contributed by atoms with Crippen LogP contribution in [0, 0.1) is 5.92 Å². The van der Waals surface area contributed by atoms with E-state index in [2.05, 4.69) is 15.9 Å². The van der Waals surface area contributed by atoms with Crippen LogP contribution in [0.5, 0.6) is 5.75 Å². The second kappa shape index (κ2) is 6.61. The van der Waals surface area contributed by atoms with Crippen molar-refractivity contribution in [2.45, 2.75) is 5.92 Å². The van der Waals surface area contributed by atoms with Crippen LogP contribution in [0.15, 0.2) is 62.2 Å². The van der Waals surface area contributed by atoms with E-state index in [1.807, 2.05) is 36.4 Å². The average Bonchev–Trinajstić information content (AvgIpc) is 2.67. The molecule has 0 saturated carbocycles. The lowest BCUT2D eigenvalue weighted by Gasteiger charge is -2.31. The van der Waals surface area contributed by atoms with Crippen molar-refractivity contribution in [2.24, 2.45) is 5.92 Å². The average molecular weight is 415 g/mol. The number of rotatable bonds is 2. The van der Waals surface area contributed by atoms with E-state index in [9.17, 15) is 9.59 Å². The predicted octanol–water partition coefficient (Wildman–Crippen LogP) is 3.87. The SMILES string of the molecule is COC(=O)[C@@H]1COc2c(c(=O)oc3ccccc23)[C@H]1c1ccc(Br)cc1. The van der Waals surface area contributed by atoms with Gasteiger partial charge in [0.05, 0.1) is 18.1 Å². The lowest BCUT2D eigenvalue weighted by atomic mass is 9.79. The summed E-state index contributed by atoms with van der Waals surface area (Å²) in [6.07, 6.45) is 0. The Kier molecular flexibility index (Phi) is 4.28. The number of fused-ring (bicyclic) bond motifs is 3. The molecular weight excluding hydrogens is 400 g/mol. The molecule has 26 heavy (non-hydrogen) atoms. The molecule has 0 N–H and O–H groups in total. The maximum Gasteiger partial charge on any atom is 0.343 e. The molecule has 2 heterocycles. The number of carbonyl (C=O) groups is 1. The van der Waals surface area contributed by atoms with Crippen LogP contribution in [0.2, 0.25) is 0 Å². The Morgan fingerprint density at radius 2 is 1.88 bits per heavy atom. The number of halogens is 1. The van der Waals surface area contributed by atoms with Gasteiger partial charge in [-0.05, 0) is 29.8 Å². The normalized spacial score (nSPS) is 18.8. The van der Waals surface area contributed by atoms with Crippen LogP contribution in [-0.4, -0.2) is 19.7 Å². The molecule has 0 amide bonds. The van der Waals surface area contributed by atoms with Gasteiger partial charge in [0.1, 0.15) is 23.9 Å². The van der Waals surface area contributed by atoms with E-state index >= 15 is 0 Å². The fraction of sp³-hybridized carbons (Fsp3) is 0.200. The van der Waals surface area contributed by atoms with E-state index in [-0.39, 0.29) is 6.61 Å².